The van der Waals surface area contributed by atoms with E-state index in [-0.39, 0.29) is 6.61 Å². The summed E-state index contributed by atoms with van der Waals surface area (Å²) in [6.07, 6.45) is -0.545. The average molecular weight is 213 g/mol. The molecule has 5 heteroatoms. The molecular weight excluding hydrogens is 198 g/mol. The van der Waals surface area contributed by atoms with Crippen molar-refractivity contribution in [2.24, 2.45) is 5.92 Å². The van der Waals surface area contributed by atoms with Crippen LogP contribution in [0.1, 0.15) is 27.2 Å². The first-order chi connectivity index (χ1) is 7.06. The molecule has 0 radical (unpaired) electrons. The maximum absolute atomic E-state index is 11.4. The second-order valence-electron chi connectivity index (χ2n) is 2.92. The van der Waals surface area contributed by atoms with Gasteiger partial charge in [0.25, 0.3) is 0 Å². The van der Waals surface area contributed by atoms with Crippen molar-refractivity contribution in [1.82, 2.24) is 0 Å². The van der Waals surface area contributed by atoms with Gasteiger partial charge in [-0.15, -0.1) is 0 Å². The minimum Gasteiger partial charge on any atom is -0.465 e. The molecule has 2 atom stereocenters. The first-order valence-corrected chi connectivity index (χ1v) is 4.83. The highest BCUT2D eigenvalue weighted by Crippen LogP contribution is 2.09. The van der Waals surface area contributed by atoms with Crippen molar-refractivity contribution in [2.75, 3.05) is 6.61 Å². The van der Waals surface area contributed by atoms with Gasteiger partial charge in [-0.05, 0) is 20.3 Å². The van der Waals surface area contributed by atoms with Crippen LogP contribution in [0.3, 0.4) is 0 Å². The lowest BCUT2D eigenvalue weighted by Gasteiger charge is -2.13. The van der Waals surface area contributed by atoms with Crippen molar-refractivity contribution in [3.8, 4) is 6.07 Å². The first kappa shape index (κ1) is 13.4. The molecule has 0 fully saturated rings. The molecule has 0 N–H and O–H groups in total. The molecular formula is C10H15NO4. The monoisotopic (exact) mass is 213 g/mol. The first-order valence-electron chi connectivity index (χ1n) is 4.83. The van der Waals surface area contributed by atoms with Gasteiger partial charge < -0.3 is 9.47 Å². The fourth-order valence-corrected chi connectivity index (χ4v) is 0.955. The molecule has 0 heterocycles. The molecule has 0 aromatic carbocycles. The van der Waals surface area contributed by atoms with Crippen LogP contribution in [0.4, 0.5) is 0 Å². The topological polar surface area (TPSA) is 76.4 Å². The van der Waals surface area contributed by atoms with Gasteiger partial charge in [-0.3, -0.25) is 9.59 Å². The second-order valence-corrected chi connectivity index (χ2v) is 2.92. The van der Waals surface area contributed by atoms with E-state index in [1.807, 2.05) is 0 Å². The third kappa shape index (κ3) is 4.45. The molecule has 0 saturated heterocycles. The van der Waals surface area contributed by atoms with Crippen molar-refractivity contribution < 1.29 is 19.1 Å². The van der Waals surface area contributed by atoms with Crippen molar-refractivity contribution in [2.45, 2.75) is 33.3 Å². The predicted octanol–water partition coefficient (Wildman–Crippen LogP) is 1.03. The van der Waals surface area contributed by atoms with Crippen molar-refractivity contribution in [3.63, 3.8) is 0 Å². The van der Waals surface area contributed by atoms with E-state index in [0.29, 0.717) is 6.42 Å². The Bertz CT molecular complexity index is 269. The van der Waals surface area contributed by atoms with Gasteiger partial charge >= 0.3 is 11.9 Å². The maximum Gasteiger partial charge on any atom is 0.321 e. The Morgan fingerprint density at radius 1 is 1.33 bits per heavy atom. The highest BCUT2D eigenvalue weighted by Gasteiger charge is 2.28. The van der Waals surface area contributed by atoms with Crippen molar-refractivity contribution in [1.29, 1.82) is 5.26 Å². The van der Waals surface area contributed by atoms with Crippen LogP contribution < -0.4 is 0 Å². The highest BCUT2D eigenvalue weighted by molar-refractivity contribution is 5.94. The number of rotatable bonds is 5. The molecule has 0 aliphatic carbocycles. The Hall–Kier alpha value is -1.57. The molecule has 5 nitrogen and oxygen atoms in total. The zero-order chi connectivity index (χ0) is 11.8. The number of hydrogen-bond donors (Lipinski definition) is 0. The summed E-state index contributed by atoms with van der Waals surface area (Å²) in [5.74, 6) is -2.24. The van der Waals surface area contributed by atoms with Crippen LogP contribution in [0.2, 0.25) is 0 Å². The third-order valence-corrected chi connectivity index (χ3v) is 1.74. The summed E-state index contributed by atoms with van der Waals surface area (Å²) in [7, 11) is 0. The minimum absolute atomic E-state index is 0.219. The lowest BCUT2D eigenvalue weighted by atomic mass is 10.1. The molecule has 0 aromatic heterocycles. The zero-order valence-electron chi connectivity index (χ0n) is 9.15. The minimum atomic E-state index is -0.930. The maximum atomic E-state index is 11.4. The summed E-state index contributed by atoms with van der Waals surface area (Å²) >= 11 is 0. The number of hydrogen-bond acceptors (Lipinski definition) is 5. The molecule has 0 aromatic rings. The predicted molar refractivity (Wildman–Crippen MR) is 51.6 cm³/mol. The Labute approximate surface area is 89.0 Å². The molecule has 2 unspecified atom stereocenters. The molecule has 0 amide bonds. The van der Waals surface area contributed by atoms with Crippen LogP contribution in [0.15, 0.2) is 0 Å². The summed E-state index contributed by atoms with van der Waals surface area (Å²) in [4.78, 5) is 22.7. The Balaban J connectivity index is 4.35. The van der Waals surface area contributed by atoms with E-state index in [9.17, 15) is 9.59 Å². The standard InChI is InChI=1S/C10H15NO4/c1-4-8(9(12)14-5-2)10(13)15-7(3)6-11/h7-8H,4-5H2,1-3H3. The average Bonchev–Trinajstić information content (AvgIpc) is 2.19. The van der Waals surface area contributed by atoms with E-state index in [0.717, 1.165) is 0 Å². The molecule has 84 valence electrons. The molecule has 0 aliphatic heterocycles. The van der Waals surface area contributed by atoms with Crippen molar-refractivity contribution >= 4 is 11.9 Å². The van der Waals surface area contributed by atoms with E-state index < -0.39 is 24.0 Å². The molecule has 0 aliphatic rings. The molecule has 0 rings (SSSR count). The summed E-state index contributed by atoms with van der Waals surface area (Å²) in [6.45, 7) is 5.00. The van der Waals surface area contributed by atoms with Gasteiger partial charge in [-0.2, -0.15) is 5.26 Å². The van der Waals surface area contributed by atoms with E-state index in [1.54, 1.807) is 19.9 Å². The summed E-state index contributed by atoms with van der Waals surface area (Å²) in [5.41, 5.74) is 0. The number of carbonyl (C=O) groups excluding carboxylic acids is 2. The number of nitrogens with zero attached hydrogens (tertiary/aromatic N) is 1. The SMILES string of the molecule is CCOC(=O)C(CC)C(=O)OC(C)C#N. The molecule has 0 saturated carbocycles. The largest absolute Gasteiger partial charge is 0.465 e. The Morgan fingerprint density at radius 2 is 1.93 bits per heavy atom. The van der Waals surface area contributed by atoms with Crippen LogP contribution in [0, 0.1) is 17.2 Å². The smallest absolute Gasteiger partial charge is 0.321 e. The Kier molecular flexibility index (Phi) is 6.11. The van der Waals surface area contributed by atoms with E-state index in [4.69, 9.17) is 14.7 Å². The van der Waals surface area contributed by atoms with Gasteiger partial charge in [-0.25, -0.2) is 0 Å². The fraction of sp³-hybridized carbons (Fsp3) is 0.700. The summed E-state index contributed by atoms with van der Waals surface area (Å²) < 4.78 is 9.43. The quantitative estimate of drug-likeness (QED) is 0.503. The summed E-state index contributed by atoms with van der Waals surface area (Å²) in [5, 5.41) is 8.44. The van der Waals surface area contributed by atoms with Gasteiger partial charge in [0.2, 0.25) is 0 Å². The van der Waals surface area contributed by atoms with Crippen LogP contribution in [0.5, 0.6) is 0 Å². The third-order valence-electron chi connectivity index (χ3n) is 1.74. The van der Waals surface area contributed by atoms with Gasteiger partial charge in [0.15, 0.2) is 12.0 Å². The number of nitriles is 1. The van der Waals surface area contributed by atoms with Gasteiger partial charge in [0.05, 0.1) is 6.61 Å². The Morgan fingerprint density at radius 3 is 2.33 bits per heavy atom. The van der Waals surface area contributed by atoms with Crippen LogP contribution in [0.25, 0.3) is 0 Å². The van der Waals surface area contributed by atoms with Gasteiger partial charge in [0.1, 0.15) is 6.07 Å². The molecule has 0 spiro atoms. The lowest BCUT2D eigenvalue weighted by Crippen LogP contribution is -2.29. The van der Waals surface area contributed by atoms with E-state index in [1.165, 1.54) is 6.92 Å². The molecule has 0 bridgehead atoms. The van der Waals surface area contributed by atoms with Crippen LogP contribution >= 0.6 is 0 Å². The van der Waals surface area contributed by atoms with Crippen LogP contribution in [-0.2, 0) is 19.1 Å². The normalized spacial score (nSPS) is 13.5. The van der Waals surface area contributed by atoms with E-state index in [2.05, 4.69) is 0 Å². The number of carbonyl (C=O) groups is 2. The van der Waals surface area contributed by atoms with Gasteiger partial charge in [-0.1, -0.05) is 6.92 Å². The van der Waals surface area contributed by atoms with Crippen molar-refractivity contribution in [3.05, 3.63) is 0 Å². The lowest BCUT2D eigenvalue weighted by molar-refractivity contribution is -0.163. The van der Waals surface area contributed by atoms with E-state index >= 15 is 0 Å². The fourth-order valence-electron chi connectivity index (χ4n) is 0.955. The van der Waals surface area contributed by atoms with Crippen LogP contribution in [-0.4, -0.2) is 24.6 Å². The second kappa shape index (κ2) is 6.82. The number of esters is 2. The number of ether oxygens (including phenoxy) is 2. The highest BCUT2D eigenvalue weighted by atomic mass is 16.6. The molecule has 15 heavy (non-hydrogen) atoms. The zero-order valence-corrected chi connectivity index (χ0v) is 9.15. The summed E-state index contributed by atoms with van der Waals surface area (Å²) in [6, 6.07) is 1.75. The van der Waals surface area contributed by atoms with Gasteiger partial charge in [0, 0.05) is 0 Å².